The molecule has 2 saturated heterocycles. The molecule has 0 unspecified atom stereocenters. The number of nitrogens with zero attached hydrogens (tertiary/aromatic N) is 2. The van der Waals surface area contributed by atoms with E-state index in [-0.39, 0.29) is 18.4 Å². The molecule has 24 heavy (non-hydrogen) atoms. The van der Waals surface area contributed by atoms with Crippen LogP contribution in [-0.4, -0.2) is 58.3 Å². The first kappa shape index (κ1) is 14.9. The maximum atomic E-state index is 12.7. The Kier molecular flexibility index (Phi) is 3.38. The van der Waals surface area contributed by atoms with Gasteiger partial charge in [-0.1, -0.05) is 12.1 Å². The topological polar surface area (TPSA) is 98.3 Å². The second kappa shape index (κ2) is 5.45. The highest BCUT2D eigenvalue weighted by molar-refractivity contribution is 5.95. The third-order valence-electron chi connectivity index (χ3n) is 5.18. The van der Waals surface area contributed by atoms with Gasteiger partial charge in [0.15, 0.2) is 0 Å². The molecule has 1 aromatic heterocycles. The van der Waals surface area contributed by atoms with Crippen molar-refractivity contribution >= 4 is 11.9 Å². The molecule has 0 saturated carbocycles. The fraction of sp³-hybridized carbons (Fsp3) is 0.353. The highest BCUT2D eigenvalue weighted by Crippen LogP contribution is 2.39. The van der Waals surface area contributed by atoms with Crippen LogP contribution in [0.15, 0.2) is 36.5 Å². The van der Waals surface area contributed by atoms with E-state index in [9.17, 15) is 14.7 Å². The van der Waals surface area contributed by atoms with Crippen LogP contribution in [0, 0.1) is 11.3 Å². The van der Waals surface area contributed by atoms with Crippen LogP contribution in [0.25, 0.3) is 11.3 Å². The predicted octanol–water partition coefficient (Wildman–Crippen LogP) is 0.823. The zero-order chi connectivity index (χ0) is 16.7. The summed E-state index contributed by atoms with van der Waals surface area (Å²) in [5, 5.41) is 19.5. The molecule has 0 spiro atoms. The fourth-order valence-corrected chi connectivity index (χ4v) is 3.77. The molecular formula is C17H18N4O3. The predicted molar refractivity (Wildman–Crippen MR) is 86.4 cm³/mol. The van der Waals surface area contributed by atoms with Crippen molar-refractivity contribution in [1.82, 2.24) is 20.4 Å². The first-order valence-electron chi connectivity index (χ1n) is 7.93. The van der Waals surface area contributed by atoms with E-state index in [4.69, 9.17) is 0 Å². The van der Waals surface area contributed by atoms with Gasteiger partial charge < -0.3 is 15.3 Å². The van der Waals surface area contributed by atoms with Crippen molar-refractivity contribution in [3.8, 4) is 11.3 Å². The molecule has 0 bridgehead atoms. The van der Waals surface area contributed by atoms with Gasteiger partial charge in [0.1, 0.15) is 5.41 Å². The summed E-state index contributed by atoms with van der Waals surface area (Å²) in [5.74, 6) is -0.952. The number of nitrogens with one attached hydrogen (secondary N) is 2. The summed E-state index contributed by atoms with van der Waals surface area (Å²) in [6, 6.07) is 9.15. The van der Waals surface area contributed by atoms with E-state index in [1.165, 1.54) is 0 Å². The SMILES string of the molecule is O=C(c1ccc(-c2ccn[nH]2)cc1)N1C[C@@H]2CNC[C@]2(C(=O)O)C1. The highest BCUT2D eigenvalue weighted by atomic mass is 16.4. The number of carbonyl (C=O) groups is 2. The van der Waals surface area contributed by atoms with Gasteiger partial charge in [0.05, 0.1) is 5.69 Å². The Hall–Kier alpha value is -2.67. The van der Waals surface area contributed by atoms with Crippen LogP contribution in [0.4, 0.5) is 0 Å². The van der Waals surface area contributed by atoms with E-state index in [0.29, 0.717) is 25.2 Å². The number of hydrogen-bond acceptors (Lipinski definition) is 4. The molecule has 2 fully saturated rings. The number of carboxylic acids is 1. The zero-order valence-electron chi connectivity index (χ0n) is 13.0. The van der Waals surface area contributed by atoms with E-state index in [1.807, 2.05) is 18.2 Å². The first-order valence-corrected chi connectivity index (χ1v) is 7.93. The van der Waals surface area contributed by atoms with Gasteiger partial charge in [-0.05, 0) is 23.8 Å². The Balaban J connectivity index is 1.53. The average Bonchev–Trinajstić information content (AvgIpc) is 3.29. The van der Waals surface area contributed by atoms with Crippen LogP contribution in [0.3, 0.4) is 0 Å². The maximum absolute atomic E-state index is 12.7. The Bertz CT molecular complexity index is 772. The first-order chi connectivity index (χ1) is 11.6. The second-order valence-corrected chi connectivity index (χ2v) is 6.52. The van der Waals surface area contributed by atoms with Gasteiger partial charge in [0, 0.05) is 43.9 Å². The van der Waals surface area contributed by atoms with E-state index >= 15 is 0 Å². The van der Waals surface area contributed by atoms with E-state index < -0.39 is 11.4 Å². The molecule has 4 rings (SSSR count). The molecule has 2 aliphatic rings. The number of benzene rings is 1. The van der Waals surface area contributed by atoms with Crippen molar-refractivity contribution in [1.29, 1.82) is 0 Å². The van der Waals surface area contributed by atoms with Crippen molar-refractivity contribution in [2.75, 3.05) is 26.2 Å². The number of aliphatic carboxylic acids is 1. The van der Waals surface area contributed by atoms with E-state index in [2.05, 4.69) is 15.5 Å². The van der Waals surface area contributed by atoms with Crippen molar-refractivity contribution in [2.24, 2.45) is 11.3 Å². The molecule has 124 valence electrons. The number of carboxylic acid groups (broad SMARTS) is 1. The zero-order valence-corrected chi connectivity index (χ0v) is 13.0. The van der Waals surface area contributed by atoms with Gasteiger partial charge in [-0.2, -0.15) is 5.10 Å². The average molecular weight is 326 g/mol. The lowest BCUT2D eigenvalue weighted by molar-refractivity contribution is -0.148. The summed E-state index contributed by atoms with van der Waals surface area (Å²) in [6.07, 6.45) is 1.68. The van der Waals surface area contributed by atoms with Crippen LogP contribution in [0.1, 0.15) is 10.4 Å². The molecule has 7 nitrogen and oxygen atoms in total. The van der Waals surface area contributed by atoms with Gasteiger partial charge >= 0.3 is 5.97 Å². The van der Waals surface area contributed by atoms with Crippen molar-refractivity contribution in [3.63, 3.8) is 0 Å². The lowest BCUT2D eigenvalue weighted by atomic mass is 9.81. The number of rotatable bonds is 3. The van der Waals surface area contributed by atoms with Crippen LogP contribution >= 0.6 is 0 Å². The largest absolute Gasteiger partial charge is 0.481 e. The second-order valence-electron chi connectivity index (χ2n) is 6.52. The summed E-state index contributed by atoms with van der Waals surface area (Å²) < 4.78 is 0. The van der Waals surface area contributed by atoms with Crippen LogP contribution in [0.2, 0.25) is 0 Å². The lowest BCUT2D eigenvalue weighted by Gasteiger charge is -2.22. The van der Waals surface area contributed by atoms with Crippen LogP contribution in [-0.2, 0) is 4.79 Å². The number of amides is 1. The van der Waals surface area contributed by atoms with E-state index in [1.54, 1.807) is 23.2 Å². The third-order valence-corrected chi connectivity index (χ3v) is 5.18. The number of aromatic nitrogens is 2. The third kappa shape index (κ3) is 2.20. The van der Waals surface area contributed by atoms with Gasteiger partial charge in [0.25, 0.3) is 5.91 Å². The fourth-order valence-electron chi connectivity index (χ4n) is 3.77. The summed E-state index contributed by atoms with van der Waals surface area (Å²) in [4.78, 5) is 26.1. The molecule has 0 radical (unpaired) electrons. The molecule has 2 aliphatic heterocycles. The molecule has 3 heterocycles. The number of hydrogen-bond donors (Lipinski definition) is 3. The van der Waals surface area contributed by atoms with Gasteiger partial charge in [-0.25, -0.2) is 0 Å². The Morgan fingerprint density at radius 2 is 2.04 bits per heavy atom. The molecule has 1 aromatic carbocycles. The summed E-state index contributed by atoms with van der Waals surface area (Å²) >= 11 is 0. The molecule has 2 atom stereocenters. The molecule has 7 heteroatoms. The Labute approximate surface area is 138 Å². The molecule has 1 amide bonds. The molecule has 0 aliphatic carbocycles. The smallest absolute Gasteiger partial charge is 0.313 e. The normalized spacial score (nSPS) is 25.7. The lowest BCUT2D eigenvalue weighted by Crippen LogP contribution is -2.41. The Morgan fingerprint density at radius 1 is 1.25 bits per heavy atom. The summed E-state index contributed by atoms with van der Waals surface area (Å²) in [5.41, 5.74) is 1.58. The van der Waals surface area contributed by atoms with E-state index in [0.717, 1.165) is 11.3 Å². The monoisotopic (exact) mass is 326 g/mol. The maximum Gasteiger partial charge on any atom is 0.313 e. The molecule has 3 N–H and O–H groups in total. The molecule has 2 aromatic rings. The van der Waals surface area contributed by atoms with Crippen LogP contribution < -0.4 is 5.32 Å². The van der Waals surface area contributed by atoms with Crippen molar-refractivity contribution in [2.45, 2.75) is 0 Å². The minimum Gasteiger partial charge on any atom is -0.481 e. The van der Waals surface area contributed by atoms with Crippen molar-refractivity contribution < 1.29 is 14.7 Å². The molecular weight excluding hydrogens is 308 g/mol. The number of carbonyl (C=O) groups excluding carboxylic acids is 1. The number of fused-ring (bicyclic) bond motifs is 1. The Morgan fingerprint density at radius 3 is 2.67 bits per heavy atom. The number of aromatic amines is 1. The number of H-pyrrole nitrogens is 1. The minimum atomic E-state index is -0.842. The van der Waals surface area contributed by atoms with Gasteiger partial charge in [-0.15, -0.1) is 0 Å². The number of likely N-dealkylation sites (tertiary alicyclic amines) is 1. The van der Waals surface area contributed by atoms with Crippen molar-refractivity contribution in [3.05, 3.63) is 42.1 Å². The highest BCUT2D eigenvalue weighted by Gasteiger charge is 2.56. The van der Waals surface area contributed by atoms with Gasteiger partial charge in [0.2, 0.25) is 0 Å². The summed E-state index contributed by atoms with van der Waals surface area (Å²) in [7, 11) is 0. The standard InChI is InChI=1S/C17H18N4O3/c22-15(12-3-1-11(2-4-12)14-5-6-19-20-14)21-8-13-7-18-9-17(13,10-21)16(23)24/h1-6,13,18H,7-10H2,(H,19,20)(H,23,24)/t13-,17-/m0/s1. The van der Waals surface area contributed by atoms with Gasteiger partial charge in [-0.3, -0.25) is 14.7 Å². The quantitative estimate of drug-likeness (QED) is 0.776. The minimum absolute atomic E-state index is 0.0248. The summed E-state index contributed by atoms with van der Waals surface area (Å²) in [6.45, 7) is 1.83. The van der Waals surface area contributed by atoms with Crippen LogP contribution in [0.5, 0.6) is 0 Å².